The number of aliphatic imine (C=N–C) groups is 1. The Morgan fingerprint density at radius 2 is 0.921 bits per heavy atom. The van der Waals surface area contributed by atoms with Crippen LogP contribution in [0.5, 0.6) is 0 Å². The summed E-state index contributed by atoms with van der Waals surface area (Å²) in [6.45, 7) is 7.42. The lowest BCUT2D eigenvalue weighted by atomic mass is 9.97. The molecule has 14 amide bonds. The van der Waals surface area contributed by atoms with Crippen molar-refractivity contribution in [2.75, 3.05) is 44.2 Å². The maximum absolute atomic E-state index is 15.4. The number of carbonyl (C=O) groups is 15. The van der Waals surface area contributed by atoms with Gasteiger partial charge in [0.1, 0.15) is 78.5 Å². The lowest BCUT2D eigenvalue weighted by molar-refractivity contribution is -0.144. The standard InChI is InChI=1S/C77H110N18O17S2/c1-6-44(4)62-73(109)91-56-41-113-114-42-57(90-65(101)49(28-18-32-81-77(79)80)83-60(97)40-82-64(100)54(39-61(98)99)87-71(107)58-29-19-34-95(58)76(112)55(89-69(56)105)38-48-25-14-9-15-26-48)70(106)93-63(45(5)96)74(110)88-53(37-47-23-12-8-13-24-47)68(104)86-52(36-46-21-10-7-11-22-46)67(103)85-51(35-43(2)3)66(102)84-50(27-16-17-31-78)75(111)94-33-20-30-59(94)72(108)92-62/h7-15,21-26,43-45,49-59,62-63,96H,6,16-20,27-42,78H2,1-5H3,(H,82,100)(H,83,97)(H,84,102)(H,85,103)(H,86,104)(H,87,107)(H,88,110)(H,89,105)(H,90,101)(H,91,109)(H,92,108)(H,93,106)(H,98,99)(H4,79,80,81)/t44-,45+,49-,50+,51+,52+,53+,54-,55-,56-,57-,58-,59-,62-,63-/m0/s1. The van der Waals surface area contributed by atoms with Gasteiger partial charge in [0.25, 0.3) is 0 Å². The summed E-state index contributed by atoms with van der Waals surface area (Å²) in [5.74, 6) is -16.8. The van der Waals surface area contributed by atoms with Crippen molar-refractivity contribution in [2.24, 2.45) is 34.0 Å². The fraction of sp³-hybridized carbons (Fsp3) is 0.558. The molecule has 0 unspecified atom stereocenters. The molecular formula is C77H110N18O17S2. The van der Waals surface area contributed by atoms with Crippen molar-refractivity contribution in [3.05, 3.63) is 108 Å². The third kappa shape index (κ3) is 28.0. The van der Waals surface area contributed by atoms with Crippen molar-refractivity contribution in [2.45, 2.75) is 216 Å². The number of nitrogens with zero attached hydrogens (tertiary/aromatic N) is 3. The number of nitrogens with two attached hydrogens (primary N) is 3. The Balaban J connectivity index is 1.38. The van der Waals surface area contributed by atoms with Crippen LogP contribution >= 0.6 is 21.6 Å². The lowest BCUT2D eigenvalue weighted by Gasteiger charge is -2.32. The quantitative estimate of drug-likeness (QED) is 0.0230. The summed E-state index contributed by atoms with van der Waals surface area (Å²) in [6.07, 6.45) is -1.87. The smallest absolute Gasteiger partial charge is 0.305 e. The topological polar surface area (TPSA) is 538 Å². The van der Waals surface area contributed by atoms with Gasteiger partial charge in [-0.15, -0.1) is 0 Å². The summed E-state index contributed by atoms with van der Waals surface area (Å²) < 4.78 is 0. The first kappa shape index (κ1) is 90.8. The van der Waals surface area contributed by atoms with Crippen LogP contribution in [-0.4, -0.2) is 244 Å². The molecule has 0 aliphatic carbocycles. The number of hydrogen-bond donors (Lipinski definition) is 17. The Hall–Kier alpha value is -10.4. The molecule has 20 N–H and O–H groups in total. The van der Waals surface area contributed by atoms with Gasteiger partial charge in [-0.25, -0.2) is 0 Å². The molecule has 0 aromatic heterocycles. The van der Waals surface area contributed by atoms with E-state index in [0.29, 0.717) is 36.0 Å². The molecule has 622 valence electrons. The maximum Gasteiger partial charge on any atom is 0.305 e. The van der Waals surface area contributed by atoms with Gasteiger partial charge in [-0.3, -0.25) is 76.9 Å². The summed E-state index contributed by atoms with van der Waals surface area (Å²) in [7, 11) is 1.72. The van der Waals surface area contributed by atoms with Crippen LogP contribution in [-0.2, 0) is 91.2 Å². The van der Waals surface area contributed by atoms with E-state index in [2.05, 4.69) is 68.8 Å². The van der Waals surface area contributed by atoms with Gasteiger partial charge in [0.15, 0.2) is 5.96 Å². The Morgan fingerprint density at radius 3 is 1.43 bits per heavy atom. The summed E-state index contributed by atoms with van der Waals surface area (Å²) in [6, 6.07) is 5.42. The van der Waals surface area contributed by atoms with Gasteiger partial charge >= 0.3 is 5.97 Å². The molecule has 7 rings (SSSR count). The maximum atomic E-state index is 15.4. The summed E-state index contributed by atoms with van der Waals surface area (Å²) in [5.41, 5.74) is 18.8. The summed E-state index contributed by atoms with van der Waals surface area (Å²) >= 11 is 0. The van der Waals surface area contributed by atoms with E-state index >= 15 is 43.2 Å². The second-order valence-corrected chi connectivity index (χ2v) is 32.0. The Labute approximate surface area is 670 Å². The van der Waals surface area contributed by atoms with Crippen LogP contribution in [0.1, 0.15) is 128 Å². The lowest BCUT2D eigenvalue weighted by Crippen LogP contribution is -2.62. The number of unbranched alkanes of at least 4 members (excludes halogenated alkanes) is 1. The van der Waals surface area contributed by atoms with Crippen molar-refractivity contribution < 1.29 is 82.1 Å². The molecule has 4 fully saturated rings. The number of carboxylic acid groups (broad SMARTS) is 1. The van der Waals surface area contributed by atoms with Crippen molar-refractivity contribution >= 4 is 116 Å². The molecule has 35 nitrogen and oxygen atoms in total. The average molecular weight is 1620 g/mol. The number of hydrogen-bond acceptors (Lipinski definition) is 20. The van der Waals surface area contributed by atoms with Crippen LogP contribution < -0.4 is 81.0 Å². The van der Waals surface area contributed by atoms with E-state index in [4.69, 9.17) is 17.2 Å². The van der Waals surface area contributed by atoms with Gasteiger partial charge in [-0.1, -0.05) is 147 Å². The highest BCUT2D eigenvalue weighted by molar-refractivity contribution is 8.76. The normalized spacial score (nSPS) is 26.3. The predicted molar refractivity (Wildman–Crippen MR) is 425 cm³/mol. The van der Waals surface area contributed by atoms with Crippen molar-refractivity contribution in [3.8, 4) is 0 Å². The number of aliphatic carboxylic acids is 1. The third-order valence-corrected chi connectivity index (χ3v) is 22.4. The number of amides is 14. The first-order chi connectivity index (χ1) is 54.4. The Kier molecular flexibility index (Phi) is 36.2. The minimum Gasteiger partial charge on any atom is -0.481 e. The molecule has 0 saturated carbocycles. The fourth-order valence-electron chi connectivity index (χ4n) is 13.7. The highest BCUT2D eigenvalue weighted by atomic mass is 33.1. The van der Waals surface area contributed by atoms with Crippen molar-refractivity contribution in [3.63, 3.8) is 0 Å². The largest absolute Gasteiger partial charge is 0.481 e. The molecule has 3 aromatic rings. The van der Waals surface area contributed by atoms with Gasteiger partial charge in [0.05, 0.1) is 19.1 Å². The number of rotatable bonds is 21. The minimum absolute atomic E-state index is 0.00892. The number of fused-ring (bicyclic) bond motifs is 7. The van der Waals surface area contributed by atoms with Crippen LogP contribution in [0.4, 0.5) is 0 Å². The van der Waals surface area contributed by atoms with Gasteiger partial charge < -0.3 is 101 Å². The molecule has 0 spiro atoms. The zero-order valence-electron chi connectivity index (χ0n) is 64.9. The molecule has 4 heterocycles. The highest BCUT2D eigenvalue weighted by Gasteiger charge is 2.44. The van der Waals surface area contributed by atoms with E-state index in [1.165, 1.54) is 9.80 Å². The molecule has 114 heavy (non-hydrogen) atoms. The minimum atomic E-state index is -1.95. The van der Waals surface area contributed by atoms with E-state index in [-0.39, 0.29) is 109 Å². The molecule has 4 aliphatic heterocycles. The number of aliphatic hydroxyl groups is 1. The van der Waals surface area contributed by atoms with Crippen molar-refractivity contribution in [1.29, 1.82) is 0 Å². The number of guanidine groups is 1. The fourth-order valence-corrected chi connectivity index (χ4v) is 16.0. The highest BCUT2D eigenvalue weighted by Crippen LogP contribution is 2.27. The van der Waals surface area contributed by atoms with Crippen LogP contribution in [0.25, 0.3) is 0 Å². The van der Waals surface area contributed by atoms with Gasteiger partial charge in [0, 0.05) is 50.4 Å². The van der Waals surface area contributed by atoms with Gasteiger partial charge in [0.2, 0.25) is 82.7 Å². The Morgan fingerprint density at radius 1 is 0.491 bits per heavy atom. The van der Waals surface area contributed by atoms with E-state index in [9.17, 15) is 39.0 Å². The van der Waals surface area contributed by atoms with E-state index < -0.39 is 204 Å². The van der Waals surface area contributed by atoms with Gasteiger partial charge in [-0.2, -0.15) is 0 Å². The second-order valence-electron chi connectivity index (χ2n) is 29.4. The molecular weight excluding hydrogens is 1510 g/mol. The zero-order valence-corrected chi connectivity index (χ0v) is 66.5. The molecule has 4 saturated heterocycles. The number of carbonyl (C=O) groups excluding carboxylic acids is 14. The molecule has 2 bridgehead atoms. The van der Waals surface area contributed by atoms with Gasteiger partial charge in [-0.05, 0) is 106 Å². The zero-order chi connectivity index (χ0) is 83.1. The van der Waals surface area contributed by atoms with E-state index in [1.54, 1.807) is 105 Å². The van der Waals surface area contributed by atoms with Crippen molar-refractivity contribution in [1.82, 2.24) is 73.6 Å². The average Bonchev–Trinajstić information content (AvgIpc) is 1.63. The molecule has 3 aromatic carbocycles. The first-order valence-electron chi connectivity index (χ1n) is 38.7. The molecule has 0 radical (unpaired) electrons. The van der Waals surface area contributed by atoms with E-state index in [0.717, 1.165) is 28.5 Å². The number of nitrogens with one attached hydrogen (secondary N) is 12. The van der Waals surface area contributed by atoms with Crippen LogP contribution in [0.15, 0.2) is 96.0 Å². The van der Waals surface area contributed by atoms with Crippen LogP contribution in [0.3, 0.4) is 0 Å². The number of aliphatic hydroxyl groups excluding tert-OH is 1. The summed E-state index contributed by atoms with van der Waals surface area (Å²) in [5, 5.41) is 53.5. The second kappa shape index (κ2) is 45.5. The molecule has 37 heteroatoms. The summed E-state index contributed by atoms with van der Waals surface area (Å²) in [4.78, 5) is 228. The number of benzene rings is 3. The molecule has 4 aliphatic rings. The van der Waals surface area contributed by atoms with Crippen LogP contribution in [0, 0.1) is 11.8 Å². The third-order valence-electron chi connectivity index (χ3n) is 20.0. The predicted octanol–water partition coefficient (Wildman–Crippen LogP) is -2.32. The first-order valence-corrected chi connectivity index (χ1v) is 41.2. The van der Waals surface area contributed by atoms with E-state index in [1.807, 2.05) is 13.8 Å². The Bertz CT molecular complexity index is 3860. The SMILES string of the molecule is CC[C@H](C)[C@@H]1NC(=O)[C@@H]2CCCN2C(=O)[C@@H](CCCCN)NC(=O)[C@@H](CC(C)C)NC(=O)[C@@H](Cc2ccccc2)NC(=O)[C@@H](Cc2ccccc2)NC(=O)[C@H]([C@@H](C)O)NC(=O)[C@@H]2CSSC[C@H](NC1=O)C(=O)N[C@@H](Cc1ccccc1)C(=O)N1CCC[C@H]1C(=O)N[C@@H](CC(=O)O)C(=O)NCC(=O)N[C@@H](CCCN=C(N)N)C(=O)N2. The molecule has 15 atom stereocenters. The number of carboxylic acids is 1. The monoisotopic (exact) mass is 1620 g/mol. The van der Waals surface area contributed by atoms with Crippen LogP contribution in [0.2, 0.25) is 0 Å².